The SMILES string of the molecule is CO[C@H]1/C=C/C[C@H](C)C[S@@](=O)(Nc2cccnn2)=NC(=O)c2ccc3c(c2)N(C[C@@H]2CC[C@H]21)C[C@@]1(CCCc2cc(Cl)ccc21)CO3. The summed E-state index contributed by atoms with van der Waals surface area (Å²) in [6, 6.07) is 15.1. The van der Waals surface area contributed by atoms with E-state index in [1.54, 1.807) is 31.5 Å². The molecule has 1 spiro atoms. The largest absolute Gasteiger partial charge is 0.490 e. The van der Waals surface area contributed by atoms with E-state index in [0.29, 0.717) is 36.2 Å². The molecule has 1 aromatic heterocycles. The van der Waals surface area contributed by atoms with Crippen LogP contribution in [0.25, 0.3) is 0 Å². The number of carbonyl (C=O) groups excluding carboxylic acids is 1. The van der Waals surface area contributed by atoms with Gasteiger partial charge in [-0.05, 0) is 110 Å². The third kappa shape index (κ3) is 6.65. The van der Waals surface area contributed by atoms with Crippen molar-refractivity contribution >= 4 is 38.9 Å². The number of benzene rings is 2. The Bertz CT molecular complexity index is 1800. The molecule has 3 heterocycles. The fourth-order valence-electron chi connectivity index (χ4n) is 7.89. The summed E-state index contributed by atoms with van der Waals surface area (Å²) in [7, 11) is -1.46. The lowest BCUT2D eigenvalue weighted by atomic mass is 9.68. The van der Waals surface area contributed by atoms with Gasteiger partial charge in [0.2, 0.25) is 0 Å². The highest BCUT2D eigenvalue weighted by Crippen LogP contribution is 2.47. The van der Waals surface area contributed by atoms with Gasteiger partial charge in [-0.3, -0.25) is 9.52 Å². The predicted molar refractivity (Wildman–Crippen MR) is 186 cm³/mol. The molecule has 1 N–H and O–H groups in total. The van der Waals surface area contributed by atoms with Crippen LogP contribution in [0, 0.1) is 17.8 Å². The number of allylic oxidation sites excluding steroid dienone is 1. The smallest absolute Gasteiger partial charge is 0.286 e. The molecule has 47 heavy (non-hydrogen) atoms. The van der Waals surface area contributed by atoms with Crippen molar-refractivity contribution in [2.45, 2.75) is 57.0 Å². The number of methoxy groups -OCH3 is 1. The number of hydrogen-bond donors (Lipinski definition) is 1. The Hall–Kier alpha value is -3.47. The number of nitrogens with one attached hydrogen (secondary N) is 1. The molecule has 0 radical (unpaired) electrons. The summed E-state index contributed by atoms with van der Waals surface area (Å²) in [4.78, 5) is 16.3. The van der Waals surface area contributed by atoms with Gasteiger partial charge in [0.1, 0.15) is 15.7 Å². The zero-order valence-electron chi connectivity index (χ0n) is 26.9. The first-order valence-corrected chi connectivity index (χ1v) is 18.7. The first kappa shape index (κ1) is 32.1. The fourth-order valence-corrected chi connectivity index (χ4v) is 10.0. The summed E-state index contributed by atoms with van der Waals surface area (Å²) < 4.78 is 34.4. The minimum Gasteiger partial charge on any atom is -0.490 e. The van der Waals surface area contributed by atoms with Crippen molar-refractivity contribution in [3.63, 3.8) is 0 Å². The van der Waals surface area contributed by atoms with E-state index in [2.05, 4.69) is 48.5 Å². The van der Waals surface area contributed by atoms with Gasteiger partial charge in [-0.2, -0.15) is 5.10 Å². The lowest BCUT2D eigenvalue weighted by molar-refractivity contribution is 0.0131. The van der Waals surface area contributed by atoms with Crippen LogP contribution in [0.3, 0.4) is 0 Å². The quantitative estimate of drug-likeness (QED) is 0.302. The standard InChI is InChI=1S/C36H42ClN5O4S/c1-24-6-3-8-32(45-2)29-13-10-27(29)20-42-22-36(16-4-7-25-18-28(37)12-14-30(25)36)23-46-33-15-11-26(19-31(33)42)35(43)41-47(44,21-24)40-34-9-5-17-38-39-34/h3,5,8-9,11-12,14-15,17-19,24,27,29,32H,4,6-7,10,13,16,20-23H2,1-2H3,(H,39,40,41,43,44)/b8-3+/t24-,27-,29+,32-,36-,47+/m0/s1. The Morgan fingerprint density at radius 2 is 2.06 bits per heavy atom. The Morgan fingerprint density at radius 1 is 1.17 bits per heavy atom. The number of rotatable bonds is 3. The highest BCUT2D eigenvalue weighted by Gasteiger charge is 2.44. The van der Waals surface area contributed by atoms with E-state index >= 15 is 0 Å². The van der Waals surface area contributed by atoms with Crippen LogP contribution in [-0.4, -0.2) is 59.0 Å². The number of fused-ring (bicyclic) bond motifs is 4. The first-order chi connectivity index (χ1) is 22.7. The number of ether oxygens (including phenoxy) is 2. The van der Waals surface area contributed by atoms with Crippen molar-refractivity contribution in [1.82, 2.24) is 10.2 Å². The minimum atomic E-state index is -3.24. The molecule has 1 fully saturated rings. The average molecular weight is 676 g/mol. The third-order valence-corrected chi connectivity index (χ3v) is 12.6. The summed E-state index contributed by atoms with van der Waals surface area (Å²) in [6.07, 6.45) is 11.8. The summed E-state index contributed by atoms with van der Waals surface area (Å²) in [5, 5.41) is 8.71. The number of amides is 1. The molecule has 9 nitrogen and oxygen atoms in total. The van der Waals surface area contributed by atoms with Gasteiger partial charge in [0.05, 0.1) is 24.2 Å². The maximum absolute atomic E-state index is 14.4. The third-order valence-electron chi connectivity index (χ3n) is 10.4. The van der Waals surface area contributed by atoms with Gasteiger partial charge in [-0.25, -0.2) is 4.21 Å². The zero-order chi connectivity index (χ0) is 32.6. The summed E-state index contributed by atoms with van der Waals surface area (Å²) >= 11 is 6.45. The Kier molecular flexibility index (Phi) is 9.02. The van der Waals surface area contributed by atoms with Gasteiger partial charge in [0.15, 0.2) is 5.82 Å². The molecule has 1 saturated carbocycles. The molecule has 0 unspecified atom stereocenters. The molecule has 2 aliphatic carbocycles. The minimum absolute atomic E-state index is 0.0114. The van der Waals surface area contributed by atoms with Crippen molar-refractivity contribution in [1.29, 1.82) is 0 Å². The topological polar surface area (TPSA) is 106 Å². The fraction of sp³-hybridized carbons (Fsp3) is 0.472. The Balaban J connectivity index is 1.32. The van der Waals surface area contributed by atoms with E-state index in [1.807, 2.05) is 25.1 Å². The van der Waals surface area contributed by atoms with Crippen LogP contribution in [0.1, 0.15) is 60.5 Å². The highest BCUT2D eigenvalue weighted by molar-refractivity contribution is 7.95. The number of aryl methyl sites for hydroxylation is 1. The maximum atomic E-state index is 14.4. The second-order valence-corrected chi connectivity index (χ2v) is 16.1. The molecule has 1 amide bonds. The van der Waals surface area contributed by atoms with Crippen LogP contribution in [-0.2, 0) is 26.5 Å². The Labute approximate surface area is 282 Å². The number of hydrogen-bond acceptors (Lipinski definition) is 7. The van der Waals surface area contributed by atoms with Gasteiger partial charge in [-0.1, -0.05) is 36.7 Å². The lowest BCUT2D eigenvalue weighted by Gasteiger charge is -2.46. The molecular formula is C36H42ClN5O4S. The normalized spacial score (nSPS) is 31.3. The molecule has 248 valence electrons. The van der Waals surface area contributed by atoms with Gasteiger partial charge in [-0.15, -0.1) is 9.46 Å². The van der Waals surface area contributed by atoms with Crippen molar-refractivity contribution < 1.29 is 18.5 Å². The van der Waals surface area contributed by atoms with Crippen LogP contribution in [0.15, 0.2) is 71.2 Å². The molecule has 2 aliphatic heterocycles. The molecule has 7 rings (SSSR count). The van der Waals surface area contributed by atoms with E-state index in [-0.39, 0.29) is 23.2 Å². The number of anilines is 2. The lowest BCUT2D eigenvalue weighted by Crippen LogP contribution is -2.49. The van der Waals surface area contributed by atoms with Crippen molar-refractivity contribution in [3.8, 4) is 5.75 Å². The van der Waals surface area contributed by atoms with E-state index < -0.39 is 15.8 Å². The second kappa shape index (κ2) is 13.2. The van der Waals surface area contributed by atoms with Crippen molar-refractivity contribution in [3.05, 3.63) is 88.6 Å². The molecule has 6 atom stereocenters. The van der Waals surface area contributed by atoms with Crippen LogP contribution in [0.5, 0.6) is 5.75 Å². The van der Waals surface area contributed by atoms with Gasteiger partial charge in [0.25, 0.3) is 5.91 Å². The summed E-state index contributed by atoms with van der Waals surface area (Å²) in [5.41, 5.74) is 3.60. The monoisotopic (exact) mass is 675 g/mol. The molecule has 3 aromatic rings. The summed E-state index contributed by atoms with van der Waals surface area (Å²) in [5.74, 6) is 1.45. The molecule has 2 bridgehead atoms. The first-order valence-electron chi connectivity index (χ1n) is 16.6. The highest BCUT2D eigenvalue weighted by atomic mass is 35.5. The van der Waals surface area contributed by atoms with Gasteiger partial charge in [0, 0.05) is 42.4 Å². The van der Waals surface area contributed by atoms with Crippen LogP contribution < -0.4 is 14.4 Å². The van der Waals surface area contributed by atoms with Gasteiger partial charge >= 0.3 is 0 Å². The molecule has 0 saturated heterocycles. The maximum Gasteiger partial charge on any atom is 0.286 e. The zero-order valence-corrected chi connectivity index (χ0v) is 28.5. The summed E-state index contributed by atoms with van der Waals surface area (Å²) in [6.45, 7) is 4.12. The van der Waals surface area contributed by atoms with Crippen LogP contribution >= 0.6 is 11.6 Å². The number of halogens is 1. The number of aromatic nitrogens is 2. The van der Waals surface area contributed by atoms with Crippen molar-refractivity contribution in [2.24, 2.45) is 22.1 Å². The second-order valence-electron chi connectivity index (χ2n) is 13.7. The predicted octanol–water partition coefficient (Wildman–Crippen LogP) is 6.88. The van der Waals surface area contributed by atoms with E-state index in [1.165, 1.54) is 11.1 Å². The number of nitrogens with zero attached hydrogens (tertiary/aromatic N) is 4. The van der Waals surface area contributed by atoms with E-state index in [4.69, 9.17) is 21.1 Å². The van der Waals surface area contributed by atoms with Crippen molar-refractivity contribution in [2.75, 3.05) is 42.2 Å². The Morgan fingerprint density at radius 3 is 2.85 bits per heavy atom. The average Bonchev–Trinajstić information content (AvgIpc) is 3.19. The van der Waals surface area contributed by atoms with E-state index in [9.17, 15) is 9.00 Å². The van der Waals surface area contributed by atoms with Crippen LogP contribution in [0.4, 0.5) is 11.5 Å². The van der Waals surface area contributed by atoms with Crippen LogP contribution in [0.2, 0.25) is 5.02 Å². The molecular weight excluding hydrogens is 634 g/mol. The molecule has 2 aromatic carbocycles. The van der Waals surface area contributed by atoms with Gasteiger partial charge < -0.3 is 14.4 Å². The van der Waals surface area contributed by atoms with E-state index in [0.717, 1.165) is 61.7 Å². The molecule has 4 aliphatic rings. The molecule has 11 heteroatoms. The number of carbonyl (C=O) groups is 1.